The Morgan fingerprint density at radius 3 is 2.37 bits per heavy atom. The molecule has 0 atom stereocenters. The van der Waals surface area contributed by atoms with E-state index in [9.17, 15) is 14.4 Å². The zero-order valence-electron chi connectivity index (χ0n) is 15.4. The normalized spacial score (nSPS) is 10.0. The standard InChI is InChI=1S/C20H23N3O4/c1-3-11-21-19(25)15-5-4-6-17(12-15)22-13-18(24)23-16-9-7-14(8-10-16)20(26)27-2/h4-10,12,22H,3,11,13H2,1-2H3,(H,21,25)(H,23,24). The van der Waals surface area contributed by atoms with Crippen LogP contribution in [0.15, 0.2) is 48.5 Å². The summed E-state index contributed by atoms with van der Waals surface area (Å²) >= 11 is 0. The predicted octanol–water partition coefficient (Wildman–Crippen LogP) is 2.66. The van der Waals surface area contributed by atoms with E-state index in [4.69, 9.17) is 0 Å². The largest absolute Gasteiger partial charge is 0.465 e. The molecule has 7 nitrogen and oxygen atoms in total. The van der Waals surface area contributed by atoms with E-state index in [1.807, 2.05) is 6.92 Å². The number of ether oxygens (including phenoxy) is 1. The molecule has 0 aromatic heterocycles. The fraction of sp³-hybridized carbons (Fsp3) is 0.250. The molecule has 142 valence electrons. The van der Waals surface area contributed by atoms with Crippen LogP contribution in [0.5, 0.6) is 0 Å². The van der Waals surface area contributed by atoms with Crippen LogP contribution >= 0.6 is 0 Å². The summed E-state index contributed by atoms with van der Waals surface area (Å²) in [5.41, 5.74) is 2.19. The number of benzene rings is 2. The maximum atomic E-state index is 12.1. The lowest BCUT2D eigenvalue weighted by Gasteiger charge is -2.10. The molecule has 7 heteroatoms. The van der Waals surface area contributed by atoms with Gasteiger partial charge in [-0.3, -0.25) is 9.59 Å². The van der Waals surface area contributed by atoms with Crippen LogP contribution in [0.4, 0.5) is 11.4 Å². The number of anilines is 2. The molecule has 3 N–H and O–H groups in total. The fourth-order valence-electron chi connectivity index (χ4n) is 2.31. The molecule has 0 spiro atoms. The third kappa shape index (κ3) is 6.14. The van der Waals surface area contributed by atoms with E-state index in [-0.39, 0.29) is 18.4 Å². The highest BCUT2D eigenvalue weighted by Crippen LogP contribution is 2.12. The van der Waals surface area contributed by atoms with Crippen LogP contribution in [0.25, 0.3) is 0 Å². The number of carbonyl (C=O) groups is 3. The molecule has 0 unspecified atom stereocenters. The zero-order valence-corrected chi connectivity index (χ0v) is 15.4. The highest BCUT2D eigenvalue weighted by Gasteiger charge is 2.08. The van der Waals surface area contributed by atoms with E-state index in [0.29, 0.717) is 29.0 Å². The Kier molecular flexibility index (Phi) is 7.37. The van der Waals surface area contributed by atoms with Crippen molar-refractivity contribution in [3.8, 4) is 0 Å². The van der Waals surface area contributed by atoms with Gasteiger partial charge in [-0.05, 0) is 48.9 Å². The van der Waals surface area contributed by atoms with Gasteiger partial charge in [-0.2, -0.15) is 0 Å². The number of esters is 1. The molecule has 0 saturated carbocycles. The molecule has 0 radical (unpaired) electrons. The van der Waals surface area contributed by atoms with E-state index in [1.165, 1.54) is 7.11 Å². The lowest BCUT2D eigenvalue weighted by Crippen LogP contribution is -2.24. The summed E-state index contributed by atoms with van der Waals surface area (Å²) in [4.78, 5) is 35.4. The monoisotopic (exact) mass is 369 g/mol. The number of rotatable bonds is 8. The van der Waals surface area contributed by atoms with Gasteiger partial charge >= 0.3 is 5.97 Å². The minimum absolute atomic E-state index is 0.0405. The second kappa shape index (κ2) is 9.96. The molecule has 2 aromatic carbocycles. The molecule has 2 amide bonds. The maximum absolute atomic E-state index is 12.1. The van der Waals surface area contributed by atoms with Crippen molar-refractivity contribution in [1.82, 2.24) is 5.32 Å². The van der Waals surface area contributed by atoms with Crippen molar-refractivity contribution >= 4 is 29.2 Å². The highest BCUT2D eigenvalue weighted by molar-refractivity contribution is 5.96. The van der Waals surface area contributed by atoms with Gasteiger partial charge in [-0.15, -0.1) is 0 Å². The smallest absolute Gasteiger partial charge is 0.337 e. The Balaban J connectivity index is 1.88. The van der Waals surface area contributed by atoms with Crippen molar-refractivity contribution in [3.63, 3.8) is 0 Å². The Bertz CT molecular complexity index is 803. The van der Waals surface area contributed by atoms with Crippen LogP contribution < -0.4 is 16.0 Å². The van der Waals surface area contributed by atoms with Gasteiger partial charge in [0.1, 0.15) is 0 Å². The molecule has 2 rings (SSSR count). The summed E-state index contributed by atoms with van der Waals surface area (Å²) in [5.74, 6) is -0.824. The van der Waals surface area contributed by atoms with Gasteiger partial charge in [0.15, 0.2) is 0 Å². The van der Waals surface area contributed by atoms with Crippen LogP contribution in [-0.2, 0) is 9.53 Å². The topological polar surface area (TPSA) is 96.5 Å². The Morgan fingerprint density at radius 2 is 1.70 bits per heavy atom. The quantitative estimate of drug-likeness (QED) is 0.622. The van der Waals surface area contributed by atoms with Crippen molar-refractivity contribution in [1.29, 1.82) is 0 Å². The molecule has 2 aromatic rings. The van der Waals surface area contributed by atoms with E-state index in [0.717, 1.165) is 6.42 Å². The summed E-state index contributed by atoms with van der Waals surface area (Å²) in [6.07, 6.45) is 0.866. The number of nitrogens with one attached hydrogen (secondary N) is 3. The molecule has 0 aliphatic carbocycles. The van der Waals surface area contributed by atoms with Crippen molar-refractivity contribution in [3.05, 3.63) is 59.7 Å². The summed E-state index contributed by atoms with van der Waals surface area (Å²) in [5, 5.41) is 8.53. The molecule has 0 bridgehead atoms. The summed E-state index contributed by atoms with van der Waals surface area (Å²) in [6, 6.07) is 13.4. The minimum atomic E-state index is -0.433. The third-order valence-electron chi connectivity index (χ3n) is 3.70. The Hall–Kier alpha value is -3.35. The molecule has 0 fully saturated rings. The average molecular weight is 369 g/mol. The molecule has 0 saturated heterocycles. The van der Waals surface area contributed by atoms with E-state index in [1.54, 1.807) is 48.5 Å². The van der Waals surface area contributed by atoms with Gasteiger partial charge in [0.05, 0.1) is 19.2 Å². The van der Waals surface area contributed by atoms with Crippen molar-refractivity contribution in [2.45, 2.75) is 13.3 Å². The first-order chi connectivity index (χ1) is 13.0. The van der Waals surface area contributed by atoms with Crippen LogP contribution in [0.2, 0.25) is 0 Å². The summed E-state index contributed by atoms with van der Waals surface area (Å²) in [7, 11) is 1.31. The van der Waals surface area contributed by atoms with E-state index < -0.39 is 5.97 Å². The minimum Gasteiger partial charge on any atom is -0.465 e. The van der Waals surface area contributed by atoms with E-state index >= 15 is 0 Å². The van der Waals surface area contributed by atoms with Crippen LogP contribution in [0.3, 0.4) is 0 Å². The first kappa shape index (κ1) is 20.0. The zero-order chi connectivity index (χ0) is 19.6. The van der Waals surface area contributed by atoms with Gasteiger partial charge in [-0.1, -0.05) is 13.0 Å². The molecule has 0 aliphatic heterocycles. The van der Waals surface area contributed by atoms with Crippen LogP contribution in [-0.4, -0.2) is 38.0 Å². The van der Waals surface area contributed by atoms with Crippen LogP contribution in [0.1, 0.15) is 34.1 Å². The first-order valence-electron chi connectivity index (χ1n) is 8.64. The first-order valence-corrected chi connectivity index (χ1v) is 8.64. The summed E-state index contributed by atoms with van der Waals surface area (Å²) < 4.78 is 4.63. The van der Waals surface area contributed by atoms with Crippen LogP contribution in [0, 0.1) is 0 Å². The SMILES string of the molecule is CCCNC(=O)c1cccc(NCC(=O)Nc2ccc(C(=O)OC)cc2)c1. The molecule has 0 aliphatic rings. The van der Waals surface area contributed by atoms with Gasteiger partial charge < -0.3 is 20.7 Å². The van der Waals surface area contributed by atoms with Gasteiger partial charge in [-0.25, -0.2) is 4.79 Å². The molecule has 27 heavy (non-hydrogen) atoms. The molecular formula is C20H23N3O4. The number of methoxy groups -OCH3 is 1. The second-order valence-corrected chi connectivity index (χ2v) is 5.81. The lowest BCUT2D eigenvalue weighted by atomic mass is 10.2. The Morgan fingerprint density at radius 1 is 0.963 bits per heavy atom. The van der Waals surface area contributed by atoms with Gasteiger partial charge in [0.25, 0.3) is 5.91 Å². The second-order valence-electron chi connectivity index (χ2n) is 5.81. The highest BCUT2D eigenvalue weighted by atomic mass is 16.5. The van der Waals surface area contributed by atoms with Crippen molar-refractivity contribution in [2.75, 3.05) is 30.8 Å². The fourth-order valence-corrected chi connectivity index (χ4v) is 2.31. The van der Waals surface area contributed by atoms with E-state index in [2.05, 4.69) is 20.7 Å². The van der Waals surface area contributed by atoms with Crippen molar-refractivity contribution < 1.29 is 19.1 Å². The predicted molar refractivity (Wildman–Crippen MR) is 104 cm³/mol. The summed E-state index contributed by atoms with van der Waals surface area (Å²) in [6.45, 7) is 2.65. The number of hydrogen-bond donors (Lipinski definition) is 3. The Labute approximate surface area is 158 Å². The maximum Gasteiger partial charge on any atom is 0.337 e. The van der Waals surface area contributed by atoms with Gasteiger partial charge in [0.2, 0.25) is 5.91 Å². The molecular weight excluding hydrogens is 346 g/mol. The number of amides is 2. The molecule has 0 heterocycles. The van der Waals surface area contributed by atoms with Gasteiger partial charge in [0, 0.05) is 23.5 Å². The number of carbonyl (C=O) groups excluding carboxylic acids is 3. The van der Waals surface area contributed by atoms with Crippen molar-refractivity contribution in [2.24, 2.45) is 0 Å². The average Bonchev–Trinajstić information content (AvgIpc) is 2.70. The number of hydrogen-bond acceptors (Lipinski definition) is 5. The lowest BCUT2D eigenvalue weighted by molar-refractivity contribution is -0.114. The third-order valence-corrected chi connectivity index (χ3v) is 3.70.